The lowest BCUT2D eigenvalue weighted by Gasteiger charge is -2.10. The Hall–Kier alpha value is 1.66. The lowest BCUT2D eigenvalue weighted by Crippen LogP contribution is -2.38. The van der Waals surface area contributed by atoms with Crippen molar-refractivity contribution in [1.82, 2.24) is 0 Å². The van der Waals surface area contributed by atoms with Crippen LogP contribution in [0, 0.1) is 0 Å². The van der Waals surface area contributed by atoms with E-state index in [9.17, 15) is 0 Å². The molecule has 0 amide bonds. The van der Waals surface area contributed by atoms with E-state index in [0.717, 1.165) is 0 Å². The summed E-state index contributed by atoms with van der Waals surface area (Å²) in [6.45, 7) is 0. The van der Waals surface area contributed by atoms with Crippen LogP contribution < -0.4 is 0 Å². The van der Waals surface area contributed by atoms with E-state index < -0.39 is 5.73 Å². The summed E-state index contributed by atoms with van der Waals surface area (Å²) in [5.41, 5.74) is 2.00. The van der Waals surface area contributed by atoms with Crippen molar-refractivity contribution in [2.45, 2.75) is 11.3 Å². The van der Waals surface area contributed by atoms with Crippen LogP contribution in [0.4, 0.5) is 0 Å². The molecule has 0 N–H and O–H groups in total. The van der Waals surface area contributed by atoms with E-state index in [1.807, 2.05) is 0 Å². The van der Waals surface area contributed by atoms with Gasteiger partial charge in [-0.25, -0.2) is 0 Å². The molecule has 0 radical (unpaired) electrons. The summed E-state index contributed by atoms with van der Waals surface area (Å²) >= 11 is 12.5. The first-order chi connectivity index (χ1) is 4.21. The van der Waals surface area contributed by atoms with Crippen LogP contribution in [0.2, 0.25) is 11.3 Å². The summed E-state index contributed by atoms with van der Waals surface area (Å²) in [4.78, 5) is 0. The number of rotatable bonds is 0. The zero-order chi connectivity index (χ0) is 6.74. The van der Waals surface area contributed by atoms with Crippen molar-refractivity contribution in [2.24, 2.45) is 0 Å². The molecule has 9 heavy (non-hydrogen) atoms. The molecule has 1 rings (SSSR count). The zero-order valence-corrected chi connectivity index (χ0v) is 13.7. The first-order valence-electron chi connectivity index (χ1n) is 3.59. The quantitative estimate of drug-likeness (QED) is 0.352. The van der Waals surface area contributed by atoms with Crippen LogP contribution in [0.25, 0.3) is 0 Å². The molecular formula is C2H12Cl2Si5. The minimum absolute atomic E-state index is 0.130. The van der Waals surface area contributed by atoms with Crippen molar-refractivity contribution in [2.75, 3.05) is 0 Å². The zero-order valence-electron chi connectivity index (χ0n) is 5.50. The summed E-state index contributed by atoms with van der Waals surface area (Å²) in [5.74, 6) is 0. The molecule has 0 aromatic rings. The molecule has 54 valence electrons. The molecule has 0 nitrogen and oxygen atoms in total. The maximum atomic E-state index is 6.26. The first kappa shape index (κ1) is 8.76. The third kappa shape index (κ3) is 3.54. The van der Waals surface area contributed by atoms with Gasteiger partial charge in [0.25, 0.3) is 0 Å². The van der Waals surface area contributed by atoms with E-state index in [2.05, 4.69) is 0 Å². The minimum Gasteiger partial charge on any atom is -0.155 e. The molecule has 0 aromatic carbocycles. The maximum Gasteiger partial charge on any atom is 0.210 e. The van der Waals surface area contributed by atoms with E-state index in [0.29, 0.717) is 18.6 Å². The topological polar surface area (TPSA) is 0 Å². The van der Waals surface area contributed by atoms with Crippen LogP contribution >= 0.6 is 22.2 Å². The molecule has 0 atom stereocenters. The van der Waals surface area contributed by atoms with Crippen LogP contribution in [0.1, 0.15) is 0 Å². The molecule has 0 saturated carbocycles. The highest BCUT2D eigenvalue weighted by Crippen LogP contribution is 2.14. The Bertz CT molecular complexity index is 85.0. The molecule has 7 heteroatoms. The van der Waals surface area contributed by atoms with Crippen LogP contribution in [-0.4, -0.2) is 41.9 Å². The highest BCUT2D eigenvalue weighted by Gasteiger charge is 2.29. The van der Waals surface area contributed by atoms with E-state index in [4.69, 9.17) is 22.2 Å². The van der Waals surface area contributed by atoms with E-state index in [-0.39, 0.29) is 17.6 Å². The van der Waals surface area contributed by atoms with Crippen molar-refractivity contribution >= 4 is 64.0 Å². The van der Waals surface area contributed by atoms with Gasteiger partial charge < -0.3 is 0 Å². The largest absolute Gasteiger partial charge is 0.210 e. The molecule has 0 aromatic heterocycles. The summed E-state index contributed by atoms with van der Waals surface area (Å²) in [6.07, 6.45) is 0. The molecular weight excluding hydrogens is 235 g/mol. The molecule has 0 bridgehead atoms. The average molecular weight is 247 g/mol. The Morgan fingerprint density at radius 1 is 1.22 bits per heavy atom. The molecule has 1 saturated heterocycles. The second kappa shape index (κ2) is 3.89. The molecule has 1 fully saturated rings. The molecule has 0 spiro atoms. The third-order valence-corrected chi connectivity index (χ3v) is 60.3. The fraction of sp³-hybridized carbons (Fsp3) is 1.00. The van der Waals surface area contributed by atoms with Gasteiger partial charge in [0, 0.05) is 36.1 Å². The second-order valence-corrected chi connectivity index (χ2v) is 42.7. The highest BCUT2D eigenvalue weighted by atomic mass is 35.7. The Balaban J connectivity index is 2.36. The number of hydrogen-bond acceptors (Lipinski definition) is 0. The van der Waals surface area contributed by atoms with Gasteiger partial charge in [0.15, 0.2) is 0 Å². The highest BCUT2D eigenvalue weighted by molar-refractivity contribution is 7.89. The van der Waals surface area contributed by atoms with Crippen molar-refractivity contribution in [3.8, 4) is 0 Å². The van der Waals surface area contributed by atoms with Gasteiger partial charge in [-0.2, -0.15) is 22.2 Å². The second-order valence-electron chi connectivity index (χ2n) is 2.77. The minimum atomic E-state index is -1.32. The summed E-state index contributed by atoms with van der Waals surface area (Å²) in [5, 5.41) is 0. The van der Waals surface area contributed by atoms with Crippen LogP contribution in [-0.2, 0) is 0 Å². The molecule has 1 aliphatic heterocycles. The molecule has 0 aliphatic carbocycles. The van der Waals surface area contributed by atoms with Gasteiger partial charge in [-0.1, -0.05) is 11.3 Å². The van der Waals surface area contributed by atoms with Crippen LogP contribution in [0.3, 0.4) is 0 Å². The molecule has 1 aliphatic rings. The monoisotopic (exact) mass is 246 g/mol. The molecule has 0 unspecified atom stereocenters. The van der Waals surface area contributed by atoms with Crippen molar-refractivity contribution in [1.29, 1.82) is 0 Å². The fourth-order valence-electron chi connectivity index (χ4n) is 1.25. The Morgan fingerprint density at radius 2 is 2.00 bits per heavy atom. The van der Waals surface area contributed by atoms with Gasteiger partial charge >= 0.3 is 0 Å². The van der Waals surface area contributed by atoms with E-state index >= 15 is 0 Å². The van der Waals surface area contributed by atoms with Crippen LogP contribution in [0.5, 0.6) is 0 Å². The average Bonchev–Trinajstić information content (AvgIpc) is 1.92. The lowest BCUT2D eigenvalue weighted by molar-refractivity contribution is 1.90. The fourth-order valence-corrected chi connectivity index (χ4v) is 75.1. The van der Waals surface area contributed by atoms with Gasteiger partial charge in [0.05, 0.1) is 0 Å². The number of hydrogen-bond donors (Lipinski definition) is 0. The third-order valence-electron chi connectivity index (χ3n) is 1.84. The summed E-state index contributed by atoms with van der Waals surface area (Å²) in [6, 6.07) is 0. The smallest absolute Gasteiger partial charge is 0.155 e. The standard InChI is InChI=1S/C2H12Cl2Si5/c3-9(4)7-2-5-1-6-8-9/h1-2,5-8H2. The Kier molecular flexibility index (Phi) is 3.78. The Morgan fingerprint density at radius 3 is 2.78 bits per heavy atom. The SMILES string of the molecule is Cl[Si]1(Cl)[SiH2]C[SiH2]C[SiH2][SiH2]1. The van der Waals surface area contributed by atoms with Gasteiger partial charge in [-0.15, -0.1) is 0 Å². The predicted molar refractivity (Wildman–Crippen MR) is 61.3 cm³/mol. The predicted octanol–water partition coefficient (Wildman–Crippen LogP) is -1.75. The maximum absolute atomic E-state index is 6.26. The first-order valence-corrected chi connectivity index (χ1v) is 20.3. The van der Waals surface area contributed by atoms with Crippen molar-refractivity contribution in [3.63, 3.8) is 0 Å². The van der Waals surface area contributed by atoms with Crippen molar-refractivity contribution in [3.05, 3.63) is 0 Å². The summed E-state index contributed by atoms with van der Waals surface area (Å²) in [7, 11) is 1.17. The van der Waals surface area contributed by atoms with Crippen molar-refractivity contribution < 1.29 is 0 Å². The Labute approximate surface area is 75.2 Å². The van der Waals surface area contributed by atoms with E-state index in [1.54, 1.807) is 11.3 Å². The van der Waals surface area contributed by atoms with E-state index in [1.165, 1.54) is 0 Å². The van der Waals surface area contributed by atoms with Gasteiger partial charge in [0.1, 0.15) is 0 Å². The van der Waals surface area contributed by atoms with Gasteiger partial charge in [-0.05, 0) is 0 Å². The normalized spacial score (nSPS) is 38.0. The lowest BCUT2D eigenvalue weighted by atomic mass is 11.8. The van der Waals surface area contributed by atoms with Crippen LogP contribution in [0.15, 0.2) is 0 Å². The van der Waals surface area contributed by atoms with Gasteiger partial charge in [0.2, 0.25) is 5.73 Å². The summed E-state index contributed by atoms with van der Waals surface area (Å²) < 4.78 is 0. The number of halogens is 2. The molecule has 1 heterocycles. The van der Waals surface area contributed by atoms with Gasteiger partial charge in [-0.3, -0.25) is 0 Å².